The lowest BCUT2D eigenvalue weighted by molar-refractivity contribution is -0.0390. The number of piperidine rings is 1. The number of hydrogen-bond donors (Lipinski definition) is 1. The van der Waals surface area contributed by atoms with E-state index in [0.29, 0.717) is 49.7 Å². The normalized spacial score (nSPS) is 16.4. The molecule has 2 heterocycles. The summed E-state index contributed by atoms with van der Waals surface area (Å²) in [5.74, 6) is 1.82. The van der Waals surface area contributed by atoms with Gasteiger partial charge in [-0.15, -0.1) is 0 Å². The first-order valence-electron chi connectivity index (χ1n) is 9.66. The van der Waals surface area contributed by atoms with Gasteiger partial charge in [-0.1, -0.05) is 0 Å². The Morgan fingerprint density at radius 2 is 1.69 bits per heavy atom. The van der Waals surface area contributed by atoms with Crippen molar-refractivity contribution in [2.75, 3.05) is 34.4 Å². The molecule has 8 heteroatoms. The van der Waals surface area contributed by atoms with E-state index in [9.17, 15) is 9.90 Å². The van der Waals surface area contributed by atoms with Crippen LogP contribution in [0.25, 0.3) is 0 Å². The molecule has 158 valence electrons. The second-order valence-electron chi connectivity index (χ2n) is 7.50. The fourth-order valence-corrected chi connectivity index (χ4v) is 3.71. The molecule has 0 atom stereocenters. The van der Waals surface area contributed by atoms with E-state index in [-0.39, 0.29) is 12.1 Å². The molecule has 0 bridgehead atoms. The van der Waals surface area contributed by atoms with Crippen molar-refractivity contribution in [2.24, 2.45) is 0 Å². The zero-order chi connectivity index (χ0) is 21.0. The minimum Gasteiger partial charge on any atom is -0.493 e. The predicted molar refractivity (Wildman–Crippen MR) is 109 cm³/mol. The van der Waals surface area contributed by atoms with E-state index < -0.39 is 5.60 Å². The highest BCUT2D eigenvalue weighted by Crippen LogP contribution is 2.38. The monoisotopic (exact) mass is 403 g/mol. The zero-order valence-electron chi connectivity index (χ0n) is 17.5. The summed E-state index contributed by atoms with van der Waals surface area (Å²) in [6, 6.07) is 7.06. The van der Waals surface area contributed by atoms with Gasteiger partial charge >= 0.3 is 0 Å². The molecule has 0 spiro atoms. The fourth-order valence-electron chi connectivity index (χ4n) is 3.71. The smallest absolute Gasteiger partial charge is 0.266 e. The van der Waals surface area contributed by atoms with Crippen molar-refractivity contribution < 1.29 is 19.3 Å². The first-order chi connectivity index (χ1) is 13.9. The van der Waals surface area contributed by atoms with E-state index in [1.807, 2.05) is 19.1 Å². The van der Waals surface area contributed by atoms with Gasteiger partial charge in [-0.25, -0.2) is 4.68 Å². The van der Waals surface area contributed by atoms with Gasteiger partial charge < -0.3 is 19.3 Å². The van der Waals surface area contributed by atoms with Crippen molar-refractivity contribution in [2.45, 2.75) is 38.5 Å². The van der Waals surface area contributed by atoms with Crippen LogP contribution >= 0.6 is 0 Å². The van der Waals surface area contributed by atoms with Gasteiger partial charge in [-0.2, -0.15) is 5.10 Å². The number of rotatable bonds is 7. The van der Waals surface area contributed by atoms with E-state index in [1.54, 1.807) is 27.4 Å². The Morgan fingerprint density at radius 1 is 1.07 bits per heavy atom. The van der Waals surface area contributed by atoms with Crippen LogP contribution in [0.5, 0.6) is 17.2 Å². The van der Waals surface area contributed by atoms with Crippen LogP contribution in [0.4, 0.5) is 0 Å². The molecule has 1 aliphatic heterocycles. The number of aromatic nitrogens is 2. The molecule has 1 aromatic carbocycles. The van der Waals surface area contributed by atoms with Crippen molar-refractivity contribution in [3.63, 3.8) is 0 Å². The Balaban J connectivity index is 1.66. The second-order valence-corrected chi connectivity index (χ2v) is 7.50. The maximum absolute atomic E-state index is 12.0. The molecule has 0 unspecified atom stereocenters. The Hall–Kier alpha value is -2.58. The summed E-state index contributed by atoms with van der Waals surface area (Å²) in [5.41, 5.74) is 0.676. The van der Waals surface area contributed by atoms with Crippen molar-refractivity contribution in [1.82, 2.24) is 14.7 Å². The van der Waals surface area contributed by atoms with Crippen LogP contribution in [0.3, 0.4) is 0 Å². The molecule has 1 N–H and O–H groups in total. The molecule has 29 heavy (non-hydrogen) atoms. The average molecular weight is 403 g/mol. The predicted octanol–water partition coefficient (Wildman–Crippen LogP) is 1.60. The Bertz CT molecular complexity index is 878. The van der Waals surface area contributed by atoms with E-state index in [1.165, 1.54) is 10.7 Å². The van der Waals surface area contributed by atoms with Crippen LogP contribution in [-0.2, 0) is 13.1 Å². The van der Waals surface area contributed by atoms with Crippen molar-refractivity contribution in [1.29, 1.82) is 0 Å². The zero-order valence-corrected chi connectivity index (χ0v) is 17.5. The summed E-state index contributed by atoms with van der Waals surface area (Å²) in [6.07, 6.45) is 1.14. The molecule has 2 aromatic rings. The van der Waals surface area contributed by atoms with Crippen LogP contribution in [0.1, 0.15) is 24.1 Å². The molecule has 1 aliphatic rings. The topological polar surface area (TPSA) is 86.1 Å². The maximum atomic E-state index is 12.0. The van der Waals surface area contributed by atoms with E-state index >= 15 is 0 Å². The Labute approximate surface area is 170 Å². The summed E-state index contributed by atoms with van der Waals surface area (Å²) in [5, 5.41) is 15.2. The van der Waals surface area contributed by atoms with Crippen molar-refractivity contribution >= 4 is 0 Å². The minimum atomic E-state index is -0.934. The number of hydrogen-bond acceptors (Lipinski definition) is 7. The summed E-state index contributed by atoms with van der Waals surface area (Å²) in [6.45, 7) is 4.18. The highest BCUT2D eigenvalue weighted by Gasteiger charge is 2.33. The first kappa shape index (κ1) is 21.1. The van der Waals surface area contributed by atoms with Crippen LogP contribution < -0.4 is 19.8 Å². The molecular weight excluding hydrogens is 374 g/mol. The lowest BCUT2D eigenvalue weighted by Gasteiger charge is -2.38. The molecule has 0 aliphatic carbocycles. The number of ether oxygens (including phenoxy) is 3. The molecule has 3 rings (SSSR count). The molecule has 0 radical (unpaired) electrons. The van der Waals surface area contributed by atoms with Gasteiger partial charge in [0.05, 0.1) is 39.2 Å². The highest BCUT2D eigenvalue weighted by atomic mass is 16.5. The molecular formula is C21H29N3O5. The van der Waals surface area contributed by atoms with Gasteiger partial charge in [-0.05, 0) is 43.5 Å². The summed E-state index contributed by atoms with van der Waals surface area (Å²) in [4.78, 5) is 14.3. The SMILES string of the molecule is COc1cc(CN2CCC(O)(Cn3nc(C)ccc3=O)CC2)cc(OC)c1OC. The third kappa shape index (κ3) is 4.89. The third-order valence-corrected chi connectivity index (χ3v) is 5.36. The van der Waals surface area contributed by atoms with E-state index in [4.69, 9.17) is 14.2 Å². The molecule has 1 fully saturated rings. The van der Waals surface area contributed by atoms with Gasteiger partial charge in [-0.3, -0.25) is 9.69 Å². The first-order valence-corrected chi connectivity index (χ1v) is 9.66. The quantitative estimate of drug-likeness (QED) is 0.752. The molecule has 0 saturated carbocycles. The number of likely N-dealkylation sites (tertiary alicyclic amines) is 1. The van der Waals surface area contributed by atoms with Crippen LogP contribution in [0.15, 0.2) is 29.1 Å². The molecule has 1 aromatic heterocycles. The summed E-state index contributed by atoms with van der Waals surface area (Å²) < 4.78 is 17.6. The molecule has 0 amide bonds. The fraction of sp³-hybridized carbons (Fsp3) is 0.524. The van der Waals surface area contributed by atoms with Gasteiger partial charge in [0.2, 0.25) is 5.75 Å². The maximum Gasteiger partial charge on any atom is 0.266 e. The number of methoxy groups -OCH3 is 3. The Kier molecular flexibility index (Phi) is 6.44. The van der Waals surface area contributed by atoms with Gasteiger partial charge in [0.15, 0.2) is 11.5 Å². The number of benzene rings is 1. The highest BCUT2D eigenvalue weighted by molar-refractivity contribution is 5.53. The third-order valence-electron chi connectivity index (χ3n) is 5.36. The van der Waals surface area contributed by atoms with Gasteiger partial charge in [0.1, 0.15) is 0 Å². The van der Waals surface area contributed by atoms with E-state index in [0.717, 1.165) is 11.3 Å². The number of aryl methyl sites for hydroxylation is 1. The molecule has 8 nitrogen and oxygen atoms in total. The average Bonchev–Trinajstić information content (AvgIpc) is 2.71. The van der Waals surface area contributed by atoms with Crippen LogP contribution in [0, 0.1) is 6.92 Å². The number of nitrogens with zero attached hydrogens (tertiary/aromatic N) is 3. The van der Waals surface area contributed by atoms with Gasteiger partial charge in [0.25, 0.3) is 5.56 Å². The van der Waals surface area contributed by atoms with Crippen LogP contribution in [-0.4, -0.2) is 59.8 Å². The lowest BCUT2D eigenvalue weighted by Crippen LogP contribution is -2.48. The van der Waals surface area contributed by atoms with Crippen molar-refractivity contribution in [3.8, 4) is 17.2 Å². The largest absolute Gasteiger partial charge is 0.493 e. The number of aliphatic hydroxyl groups is 1. The standard InChI is InChI=1S/C21H29N3O5/c1-15-5-6-19(25)24(22-15)14-21(26)7-9-23(10-8-21)13-16-11-17(27-2)20(29-4)18(12-16)28-3/h5-6,11-12,26H,7-10,13-14H2,1-4H3. The Morgan fingerprint density at radius 3 is 2.24 bits per heavy atom. The van der Waals surface area contributed by atoms with Gasteiger partial charge in [0, 0.05) is 25.7 Å². The van der Waals surface area contributed by atoms with Crippen molar-refractivity contribution in [3.05, 3.63) is 45.9 Å². The second kappa shape index (κ2) is 8.84. The van der Waals surface area contributed by atoms with Crippen LogP contribution in [0.2, 0.25) is 0 Å². The van der Waals surface area contributed by atoms with E-state index in [2.05, 4.69) is 10.00 Å². The minimum absolute atomic E-state index is 0.191. The molecule has 1 saturated heterocycles. The lowest BCUT2D eigenvalue weighted by atomic mass is 9.91. The summed E-state index contributed by atoms with van der Waals surface area (Å²) >= 11 is 0. The summed E-state index contributed by atoms with van der Waals surface area (Å²) in [7, 11) is 4.78.